The summed E-state index contributed by atoms with van der Waals surface area (Å²) in [6.45, 7) is 0.00659. The van der Waals surface area contributed by atoms with Crippen LogP contribution in [-0.4, -0.2) is 33.0 Å². The number of nitrogens with one attached hydrogen (secondary N) is 2. The highest BCUT2D eigenvalue weighted by Gasteiger charge is 2.13. The van der Waals surface area contributed by atoms with Gasteiger partial charge in [-0.15, -0.1) is 0 Å². The molecule has 122 valence electrons. The molecule has 1 aromatic carbocycles. The van der Waals surface area contributed by atoms with E-state index in [1.807, 2.05) is 0 Å². The van der Waals surface area contributed by atoms with Crippen LogP contribution in [0.15, 0.2) is 53.6 Å². The lowest BCUT2D eigenvalue weighted by Crippen LogP contribution is -2.27. The van der Waals surface area contributed by atoms with E-state index in [1.54, 1.807) is 30.3 Å². The largest absolute Gasteiger partial charge is 0.481 e. The van der Waals surface area contributed by atoms with Gasteiger partial charge in [-0.05, 0) is 18.2 Å². The van der Waals surface area contributed by atoms with E-state index in [1.165, 1.54) is 25.4 Å². The maximum Gasteiger partial charge on any atom is 0.240 e. The van der Waals surface area contributed by atoms with E-state index in [0.29, 0.717) is 11.6 Å². The van der Waals surface area contributed by atoms with Crippen molar-refractivity contribution in [2.24, 2.45) is 0 Å². The summed E-state index contributed by atoms with van der Waals surface area (Å²) >= 11 is 0. The van der Waals surface area contributed by atoms with Crippen molar-refractivity contribution in [2.45, 2.75) is 11.3 Å². The normalized spacial score (nSPS) is 11.0. The molecule has 23 heavy (non-hydrogen) atoms. The molecule has 0 saturated carbocycles. The number of rotatable bonds is 7. The zero-order valence-corrected chi connectivity index (χ0v) is 13.3. The molecule has 1 amide bonds. The molecule has 0 aliphatic rings. The molecule has 2 N–H and O–H groups in total. The number of sulfonamides is 1. The second-order valence-corrected chi connectivity index (χ2v) is 6.37. The molecule has 2 rings (SSSR count). The molecule has 0 aliphatic carbocycles. The number of amides is 1. The average Bonchev–Trinajstić information content (AvgIpc) is 2.56. The number of hydrogen-bond donors (Lipinski definition) is 2. The average molecular weight is 335 g/mol. The Morgan fingerprint density at radius 3 is 2.52 bits per heavy atom. The van der Waals surface area contributed by atoms with Gasteiger partial charge >= 0.3 is 0 Å². The van der Waals surface area contributed by atoms with Crippen molar-refractivity contribution in [1.82, 2.24) is 9.71 Å². The van der Waals surface area contributed by atoms with Gasteiger partial charge in [0.05, 0.1) is 23.9 Å². The first-order valence-electron chi connectivity index (χ1n) is 6.86. The van der Waals surface area contributed by atoms with Gasteiger partial charge in [-0.1, -0.05) is 18.2 Å². The van der Waals surface area contributed by atoms with Gasteiger partial charge in [0.15, 0.2) is 0 Å². The number of anilines is 1. The second-order valence-electron chi connectivity index (χ2n) is 4.60. The molecule has 0 saturated heterocycles. The molecule has 8 heteroatoms. The number of benzene rings is 1. The summed E-state index contributed by atoms with van der Waals surface area (Å²) < 4.78 is 31.3. The van der Waals surface area contributed by atoms with Gasteiger partial charge in [0.2, 0.25) is 21.8 Å². The van der Waals surface area contributed by atoms with Crippen LogP contribution in [0.2, 0.25) is 0 Å². The summed E-state index contributed by atoms with van der Waals surface area (Å²) in [5, 5.41) is 2.63. The van der Waals surface area contributed by atoms with E-state index in [0.717, 1.165) is 0 Å². The number of pyridine rings is 1. The van der Waals surface area contributed by atoms with Crippen molar-refractivity contribution < 1.29 is 17.9 Å². The van der Waals surface area contributed by atoms with Gasteiger partial charge in [-0.25, -0.2) is 18.1 Å². The molecule has 0 atom stereocenters. The predicted octanol–water partition coefficient (Wildman–Crippen LogP) is 1.40. The number of hydrogen-bond acceptors (Lipinski definition) is 5. The van der Waals surface area contributed by atoms with Gasteiger partial charge in [-0.2, -0.15) is 0 Å². The number of nitrogens with zero attached hydrogens (tertiary/aromatic N) is 1. The van der Waals surface area contributed by atoms with Gasteiger partial charge in [0.1, 0.15) is 0 Å². The fraction of sp³-hybridized carbons (Fsp3) is 0.200. The number of methoxy groups -OCH3 is 1. The van der Waals surface area contributed by atoms with Crippen LogP contribution in [0, 0.1) is 0 Å². The fourth-order valence-electron chi connectivity index (χ4n) is 1.78. The molecule has 1 aromatic heterocycles. The van der Waals surface area contributed by atoms with Gasteiger partial charge < -0.3 is 10.1 Å². The highest BCUT2D eigenvalue weighted by atomic mass is 32.2. The smallest absolute Gasteiger partial charge is 0.240 e. The maximum atomic E-state index is 12.0. The Labute approximate surface area is 134 Å². The topological polar surface area (TPSA) is 97.4 Å². The summed E-state index contributed by atoms with van der Waals surface area (Å²) in [6, 6.07) is 11.3. The molecule has 0 radical (unpaired) electrons. The van der Waals surface area contributed by atoms with E-state index < -0.39 is 10.0 Å². The van der Waals surface area contributed by atoms with E-state index in [4.69, 9.17) is 4.74 Å². The zero-order chi connectivity index (χ0) is 16.7. The van der Waals surface area contributed by atoms with Crippen molar-refractivity contribution in [1.29, 1.82) is 0 Å². The van der Waals surface area contributed by atoms with Crippen LogP contribution >= 0.6 is 0 Å². The molecule has 2 aromatic rings. The minimum absolute atomic E-state index is 0.00659. The lowest BCUT2D eigenvalue weighted by atomic mass is 10.3. The lowest BCUT2D eigenvalue weighted by Gasteiger charge is -2.08. The third-order valence-electron chi connectivity index (χ3n) is 2.93. The molecular formula is C15H17N3O4S. The Hall–Kier alpha value is -2.45. The third kappa shape index (κ3) is 5.04. The Balaban J connectivity index is 1.82. The number of carbonyl (C=O) groups excluding carboxylic acids is 1. The van der Waals surface area contributed by atoms with E-state index >= 15 is 0 Å². The summed E-state index contributed by atoms with van der Waals surface area (Å²) in [5.41, 5.74) is 0.515. The van der Waals surface area contributed by atoms with Crippen LogP contribution in [0.3, 0.4) is 0 Å². The van der Waals surface area contributed by atoms with Crippen LogP contribution in [0.4, 0.5) is 5.69 Å². The molecule has 0 spiro atoms. The quantitative estimate of drug-likeness (QED) is 0.797. The molecule has 0 bridgehead atoms. The highest BCUT2D eigenvalue weighted by molar-refractivity contribution is 7.89. The molecule has 0 fully saturated rings. The third-order valence-corrected chi connectivity index (χ3v) is 4.40. The van der Waals surface area contributed by atoms with Crippen molar-refractivity contribution in [3.63, 3.8) is 0 Å². The Morgan fingerprint density at radius 2 is 1.91 bits per heavy atom. The van der Waals surface area contributed by atoms with Crippen LogP contribution in [0.1, 0.15) is 6.42 Å². The molecule has 1 heterocycles. The predicted molar refractivity (Wildman–Crippen MR) is 85.7 cm³/mol. The highest BCUT2D eigenvalue weighted by Crippen LogP contribution is 2.11. The Bertz CT molecular complexity index is 746. The van der Waals surface area contributed by atoms with Crippen LogP contribution < -0.4 is 14.8 Å². The van der Waals surface area contributed by atoms with E-state index in [-0.39, 0.29) is 23.8 Å². The molecule has 0 unspecified atom stereocenters. The van der Waals surface area contributed by atoms with E-state index in [2.05, 4.69) is 15.0 Å². The SMILES string of the molecule is COc1ccc(NC(=O)CCNS(=O)(=O)c2ccccc2)cn1. The molecule has 0 aliphatic heterocycles. The van der Waals surface area contributed by atoms with Crippen molar-refractivity contribution in [2.75, 3.05) is 19.0 Å². The van der Waals surface area contributed by atoms with Crippen LogP contribution in [-0.2, 0) is 14.8 Å². The summed E-state index contributed by atoms with van der Waals surface area (Å²) in [5.74, 6) is 0.131. The Morgan fingerprint density at radius 1 is 1.17 bits per heavy atom. The van der Waals surface area contributed by atoms with Gasteiger partial charge in [0.25, 0.3) is 0 Å². The van der Waals surface area contributed by atoms with Crippen LogP contribution in [0.5, 0.6) is 5.88 Å². The number of carbonyl (C=O) groups is 1. The van der Waals surface area contributed by atoms with Crippen molar-refractivity contribution >= 4 is 21.6 Å². The standard InChI is InChI=1S/C15H17N3O4S/c1-22-15-8-7-12(11-16-15)18-14(19)9-10-17-23(20,21)13-5-3-2-4-6-13/h2-8,11,17H,9-10H2,1H3,(H,18,19). The lowest BCUT2D eigenvalue weighted by molar-refractivity contribution is -0.116. The van der Waals surface area contributed by atoms with E-state index in [9.17, 15) is 13.2 Å². The van der Waals surface area contributed by atoms with Crippen molar-refractivity contribution in [3.8, 4) is 5.88 Å². The van der Waals surface area contributed by atoms with Crippen molar-refractivity contribution in [3.05, 3.63) is 48.7 Å². The maximum absolute atomic E-state index is 12.0. The Kier molecular flexibility index (Phi) is 5.67. The van der Waals surface area contributed by atoms with Crippen LogP contribution in [0.25, 0.3) is 0 Å². The van der Waals surface area contributed by atoms with Gasteiger partial charge in [-0.3, -0.25) is 4.79 Å². The molecular weight excluding hydrogens is 318 g/mol. The second kappa shape index (κ2) is 7.70. The van der Waals surface area contributed by atoms with Gasteiger partial charge in [0, 0.05) is 19.0 Å². The zero-order valence-electron chi connectivity index (χ0n) is 12.5. The fourth-order valence-corrected chi connectivity index (χ4v) is 2.83. The first kappa shape index (κ1) is 16.9. The summed E-state index contributed by atoms with van der Waals surface area (Å²) in [6.07, 6.45) is 1.48. The summed E-state index contributed by atoms with van der Waals surface area (Å²) in [4.78, 5) is 15.9. The monoisotopic (exact) mass is 335 g/mol. The first-order valence-corrected chi connectivity index (χ1v) is 8.34. The number of aromatic nitrogens is 1. The summed E-state index contributed by atoms with van der Waals surface area (Å²) in [7, 11) is -2.10. The number of ether oxygens (including phenoxy) is 1. The first-order chi connectivity index (χ1) is 11.0. The molecule has 7 nitrogen and oxygen atoms in total. The minimum atomic E-state index is -3.60. The minimum Gasteiger partial charge on any atom is -0.481 e.